The summed E-state index contributed by atoms with van der Waals surface area (Å²) in [7, 11) is 0. The lowest BCUT2D eigenvalue weighted by atomic mass is 9.87. The van der Waals surface area contributed by atoms with Gasteiger partial charge in [0.15, 0.2) is 11.5 Å². The Bertz CT molecular complexity index is 1050. The average Bonchev–Trinajstić information content (AvgIpc) is 3.43. The summed E-state index contributed by atoms with van der Waals surface area (Å²) >= 11 is 0. The van der Waals surface area contributed by atoms with Crippen LogP contribution in [0.4, 0.5) is 0 Å². The average molecular weight is 421 g/mol. The zero-order valence-corrected chi connectivity index (χ0v) is 18.7. The molecule has 1 N–H and O–H groups in total. The predicted octanol–water partition coefficient (Wildman–Crippen LogP) is 5.63. The third-order valence-electron chi connectivity index (χ3n) is 6.11. The number of aryl methyl sites for hydroxylation is 1. The summed E-state index contributed by atoms with van der Waals surface area (Å²) in [6.45, 7) is 8.26. The summed E-state index contributed by atoms with van der Waals surface area (Å²) in [5.41, 5.74) is 4.69. The van der Waals surface area contributed by atoms with E-state index in [0.29, 0.717) is 6.42 Å². The molecule has 1 aliphatic heterocycles. The van der Waals surface area contributed by atoms with Crippen LogP contribution in [0.1, 0.15) is 62.6 Å². The fourth-order valence-electron chi connectivity index (χ4n) is 4.56. The van der Waals surface area contributed by atoms with Crippen LogP contribution in [0, 0.1) is 0 Å². The number of carbonyl (C=O) groups excluding carboxylic acids is 1. The second kappa shape index (κ2) is 9.46. The van der Waals surface area contributed by atoms with Gasteiger partial charge in [0.05, 0.1) is 0 Å². The van der Waals surface area contributed by atoms with E-state index in [9.17, 15) is 4.79 Å². The van der Waals surface area contributed by atoms with Crippen molar-refractivity contribution in [2.45, 2.75) is 52.4 Å². The Morgan fingerprint density at radius 3 is 2.58 bits per heavy atom. The molecule has 4 rings (SSSR count). The van der Waals surface area contributed by atoms with E-state index in [1.807, 2.05) is 17.0 Å². The maximum atomic E-state index is 13.4. The number of para-hydroxylation sites is 1. The maximum Gasteiger partial charge on any atom is 0.231 e. The molecule has 3 aromatic rings. The molecule has 0 aliphatic carbocycles. The van der Waals surface area contributed by atoms with Crippen molar-refractivity contribution in [3.8, 4) is 11.5 Å². The van der Waals surface area contributed by atoms with E-state index in [1.54, 1.807) is 0 Å². The first-order valence-corrected chi connectivity index (χ1v) is 11.4. The number of hydrogen-bond donors (Lipinski definition) is 1. The number of rotatable bonds is 9. The maximum absolute atomic E-state index is 13.4. The van der Waals surface area contributed by atoms with Crippen molar-refractivity contribution in [2.24, 2.45) is 0 Å². The van der Waals surface area contributed by atoms with Gasteiger partial charge in [0.2, 0.25) is 12.7 Å². The third kappa shape index (κ3) is 4.27. The lowest BCUT2D eigenvalue weighted by Crippen LogP contribution is -2.33. The first-order valence-electron chi connectivity index (χ1n) is 11.4. The van der Waals surface area contributed by atoms with Crippen molar-refractivity contribution in [1.82, 2.24) is 9.88 Å². The van der Waals surface area contributed by atoms with Crippen molar-refractivity contribution in [3.63, 3.8) is 0 Å². The van der Waals surface area contributed by atoms with Crippen LogP contribution in [-0.2, 0) is 11.2 Å². The first kappa shape index (κ1) is 21.3. The third-order valence-corrected chi connectivity index (χ3v) is 6.11. The van der Waals surface area contributed by atoms with Crippen molar-refractivity contribution in [3.05, 3.63) is 59.3 Å². The van der Waals surface area contributed by atoms with Crippen molar-refractivity contribution >= 4 is 16.8 Å². The standard InChI is InChI=1S/C26H32N2O3/c1-4-12-28(13-5-2)25(29)15-21(19-10-11-23-24(14-19)31-17-30-23)22-16-27-26-18(6-3)8-7-9-20(22)26/h7-11,14,16,21,27H,4-6,12-13,15,17H2,1-3H3/t21-/m0/s1. The summed E-state index contributed by atoms with van der Waals surface area (Å²) in [6, 6.07) is 12.5. The molecule has 164 valence electrons. The summed E-state index contributed by atoms with van der Waals surface area (Å²) in [4.78, 5) is 18.8. The number of aromatic nitrogens is 1. The smallest absolute Gasteiger partial charge is 0.231 e. The normalized spacial score (nSPS) is 13.5. The Morgan fingerprint density at radius 2 is 1.84 bits per heavy atom. The molecule has 0 spiro atoms. The predicted molar refractivity (Wildman–Crippen MR) is 124 cm³/mol. The summed E-state index contributed by atoms with van der Waals surface area (Å²) < 4.78 is 11.1. The Morgan fingerprint density at radius 1 is 1.06 bits per heavy atom. The number of aromatic amines is 1. The molecule has 1 aliphatic rings. The number of benzene rings is 2. The largest absolute Gasteiger partial charge is 0.454 e. The molecule has 2 aromatic carbocycles. The molecule has 1 atom stereocenters. The second-order valence-electron chi connectivity index (χ2n) is 8.19. The van der Waals surface area contributed by atoms with Crippen molar-refractivity contribution in [1.29, 1.82) is 0 Å². The lowest BCUT2D eigenvalue weighted by Gasteiger charge is -2.25. The zero-order chi connectivity index (χ0) is 21.8. The minimum absolute atomic E-state index is 0.0564. The van der Waals surface area contributed by atoms with Gasteiger partial charge in [0.25, 0.3) is 0 Å². The van der Waals surface area contributed by atoms with Crippen LogP contribution >= 0.6 is 0 Å². The van der Waals surface area contributed by atoms with Gasteiger partial charge in [-0.15, -0.1) is 0 Å². The molecule has 0 fully saturated rings. The fourth-order valence-corrected chi connectivity index (χ4v) is 4.56. The first-order chi connectivity index (χ1) is 15.2. The molecular weight excluding hydrogens is 388 g/mol. The zero-order valence-electron chi connectivity index (χ0n) is 18.7. The highest BCUT2D eigenvalue weighted by Crippen LogP contribution is 2.40. The highest BCUT2D eigenvalue weighted by Gasteiger charge is 2.26. The van der Waals surface area contributed by atoms with E-state index in [-0.39, 0.29) is 18.6 Å². The molecule has 0 unspecified atom stereocenters. The minimum Gasteiger partial charge on any atom is -0.454 e. The topological polar surface area (TPSA) is 54.6 Å². The summed E-state index contributed by atoms with van der Waals surface area (Å²) in [5.74, 6) is 1.66. The summed E-state index contributed by atoms with van der Waals surface area (Å²) in [6.07, 6.45) is 5.41. The van der Waals surface area contributed by atoms with Gasteiger partial charge in [-0.1, -0.05) is 45.0 Å². The number of fused-ring (bicyclic) bond motifs is 2. The fraction of sp³-hybridized carbons (Fsp3) is 0.423. The van der Waals surface area contributed by atoms with Crippen LogP contribution in [0.3, 0.4) is 0 Å². The van der Waals surface area contributed by atoms with Gasteiger partial charge in [-0.05, 0) is 48.1 Å². The number of amides is 1. The van der Waals surface area contributed by atoms with E-state index >= 15 is 0 Å². The highest BCUT2D eigenvalue weighted by atomic mass is 16.7. The molecule has 0 radical (unpaired) electrons. The minimum atomic E-state index is -0.0564. The van der Waals surface area contributed by atoms with E-state index in [0.717, 1.165) is 60.5 Å². The molecule has 31 heavy (non-hydrogen) atoms. The molecule has 1 aromatic heterocycles. The molecule has 2 heterocycles. The Labute approximate surface area is 184 Å². The second-order valence-corrected chi connectivity index (χ2v) is 8.19. The van der Waals surface area contributed by atoms with Crippen molar-refractivity contribution < 1.29 is 14.3 Å². The van der Waals surface area contributed by atoms with Gasteiger partial charge in [-0.3, -0.25) is 4.79 Å². The molecule has 1 amide bonds. The molecule has 0 bridgehead atoms. The van der Waals surface area contributed by atoms with Gasteiger partial charge >= 0.3 is 0 Å². The molecule has 5 heteroatoms. The van der Waals surface area contributed by atoms with Gasteiger partial charge in [-0.2, -0.15) is 0 Å². The quantitative estimate of drug-likeness (QED) is 0.488. The number of ether oxygens (including phenoxy) is 2. The van der Waals surface area contributed by atoms with Crippen LogP contribution in [0.15, 0.2) is 42.6 Å². The van der Waals surface area contributed by atoms with Gasteiger partial charge in [0, 0.05) is 42.5 Å². The highest BCUT2D eigenvalue weighted by molar-refractivity contribution is 5.88. The van der Waals surface area contributed by atoms with Crippen LogP contribution in [0.5, 0.6) is 11.5 Å². The molecule has 0 saturated heterocycles. The molecule has 0 saturated carbocycles. The number of hydrogen-bond acceptors (Lipinski definition) is 3. The Hall–Kier alpha value is -2.95. The van der Waals surface area contributed by atoms with Gasteiger partial charge in [0.1, 0.15) is 0 Å². The van der Waals surface area contributed by atoms with Crippen LogP contribution in [0.25, 0.3) is 10.9 Å². The van der Waals surface area contributed by atoms with Crippen LogP contribution < -0.4 is 9.47 Å². The number of H-pyrrole nitrogens is 1. The Balaban J connectivity index is 1.76. The molecule has 5 nitrogen and oxygen atoms in total. The van der Waals surface area contributed by atoms with E-state index < -0.39 is 0 Å². The van der Waals surface area contributed by atoms with E-state index in [1.165, 1.54) is 10.9 Å². The van der Waals surface area contributed by atoms with Gasteiger partial charge in [-0.25, -0.2) is 0 Å². The van der Waals surface area contributed by atoms with Gasteiger partial charge < -0.3 is 19.4 Å². The number of nitrogens with one attached hydrogen (secondary N) is 1. The number of carbonyl (C=O) groups is 1. The van der Waals surface area contributed by atoms with Crippen molar-refractivity contribution in [2.75, 3.05) is 19.9 Å². The lowest BCUT2D eigenvalue weighted by molar-refractivity contribution is -0.131. The summed E-state index contributed by atoms with van der Waals surface area (Å²) in [5, 5.41) is 1.19. The van der Waals surface area contributed by atoms with E-state index in [4.69, 9.17) is 9.47 Å². The monoisotopic (exact) mass is 420 g/mol. The van der Waals surface area contributed by atoms with Crippen LogP contribution in [-0.4, -0.2) is 35.7 Å². The number of nitrogens with zero attached hydrogens (tertiary/aromatic N) is 1. The van der Waals surface area contributed by atoms with E-state index in [2.05, 4.69) is 56.2 Å². The SMILES string of the molecule is CCCN(CCC)C(=O)C[C@@H](c1ccc2c(c1)OCO2)c1c[nH]c2c(CC)cccc12. The van der Waals surface area contributed by atoms with Crippen LogP contribution in [0.2, 0.25) is 0 Å². The molecular formula is C26H32N2O3. The Kier molecular flexibility index (Phi) is 6.50.